The molecular weight excluding hydrogens is 1150 g/mol. The summed E-state index contributed by atoms with van der Waals surface area (Å²) >= 11 is 0. The molecule has 5 atom stereocenters. The highest BCUT2D eigenvalue weighted by molar-refractivity contribution is 7.47. The Labute approximate surface area is 530 Å². The first-order chi connectivity index (χ1) is 42.2. The molecule has 87 heavy (non-hydrogen) atoms. The van der Waals surface area contributed by atoms with Gasteiger partial charge in [-0.15, -0.1) is 0 Å². The monoisotopic (exact) mass is 1280 g/mol. The van der Waals surface area contributed by atoms with Crippen molar-refractivity contribution in [2.45, 2.75) is 373 Å². The molecule has 0 fully saturated rings. The standard InChI is InChI=1S/C68H132O17P2/c1-5-9-13-17-21-25-28-29-30-31-32-35-39-43-47-51-55-68(73)85-64(59-79-66(71)53-49-45-41-37-33-26-22-18-14-10-6-2)61-83-87(76,77)81-57-62(69)56-80-86(74,75)82-60-63(58-78-65(70)52-48-44-40-36-24-20-16-12-8-4)84-67(72)54-50-46-42-38-34-27-23-19-15-11-7-3/h62-64,69H,5-61H2,1-4H3,(H,74,75)(H,76,77)/t62-,63+,64+/m0/s1. The van der Waals surface area contributed by atoms with Crippen molar-refractivity contribution in [2.24, 2.45) is 0 Å². The number of carbonyl (C=O) groups is 4. The van der Waals surface area contributed by atoms with Gasteiger partial charge in [-0.1, -0.05) is 304 Å². The largest absolute Gasteiger partial charge is 0.472 e. The summed E-state index contributed by atoms with van der Waals surface area (Å²) in [6.45, 7) is 4.91. The highest BCUT2D eigenvalue weighted by Gasteiger charge is 2.30. The van der Waals surface area contributed by atoms with Crippen LogP contribution >= 0.6 is 15.6 Å². The molecule has 0 aromatic rings. The van der Waals surface area contributed by atoms with Gasteiger partial charge in [-0.05, 0) is 25.7 Å². The van der Waals surface area contributed by atoms with E-state index < -0.39 is 97.5 Å². The molecule has 0 bridgehead atoms. The molecule has 0 aliphatic rings. The van der Waals surface area contributed by atoms with E-state index >= 15 is 0 Å². The predicted molar refractivity (Wildman–Crippen MR) is 349 cm³/mol. The van der Waals surface area contributed by atoms with E-state index in [1.54, 1.807) is 0 Å². The Hall–Kier alpha value is -1.94. The number of esters is 4. The van der Waals surface area contributed by atoms with Crippen LogP contribution in [0.1, 0.15) is 355 Å². The maximum atomic E-state index is 13.0. The molecule has 19 heteroatoms. The van der Waals surface area contributed by atoms with E-state index in [4.69, 9.17) is 37.0 Å². The van der Waals surface area contributed by atoms with Gasteiger partial charge in [-0.25, -0.2) is 9.13 Å². The van der Waals surface area contributed by atoms with Gasteiger partial charge in [0.25, 0.3) is 0 Å². The summed E-state index contributed by atoms with van der Waals surface area (Å²) in [5.74, 6) is -2.12. The van der Waals surface area contributed by atoms with Crippen LogP contribution in [0.2, 0.25) is 0 Å². The zero-order valence-electron chi connectivity index (χ0n) is 56.0. The summed E-state index contributed by atoms with van der Waals surface area (Å²) in [6, 6.07) is 0. The summed E-state index contributed by atoms with van der Waals surface area (Å²) in [5.41, 5.74) is 0. The van der Waals surface area contributed by atoms with Gasteiger partial charge in [-0.2, -0.15) is 0 Å². The highest BCUT2D eigenvalue weighted by Crippen LogP contribution is 2.45. The summed E-state index contributed by atoms with van der Waals surface area (Å²) in [6.07, 6.45) is 49.8. The third-order valence-electron chi connectivity index (χ3n) is 15.9. The van der Waals surface area contributed by atoms with E-state index in [0.29, 0.717) is 25.7 Å². The highest BCUT2D eigenvalue weighted by atomic mass is 31.2. The lowest BCUT2D eigenvalue weighted by Crippen LogP contribution is -2.30. The third kappa shape index (κ3) is 62.6. The number of aliphatic hydroxyl groups excluding tert-OH is 1. The van der Waals surface area contributed by atoms with Crippen molar-refractivity contribution in [3.8, 4) is 0 Å². The van der Waals surface area contributed by atoms with Crippen molar-refractivity contribution in [1.29, 1.82) is 0 Å². The average Bonchev–Trinajstić information content (AvgIpc) is 3.58. The Balaban J connectivity index is 5.22. The fourth-order valence-corrected chi connectivity index (χ4v) is 11.9. The summed E-state index contributed by atoms with van der Waals surface area (Å²) in [7, 11) is -9.89. The molecular formula is C68H132O17P2. The molecule has 0 aliphatic heterocycles. The van der Waals surface area contributed by atoms with Crippen LogP contribution in [0.25, 0.3) is 0 Å². The van der Waals surface area contributed by atoms with Gasteiger partial charge in [-0.3, -0.25) is 37.3 Å². The van der Waals surface area contributed by atoms with Crippen LogP contribution in [0, 0.1) is 0 Å². The molecule has 0 heterocycles. The fraction of sp³-hybridized carbons (Fsp3) is 0.941. The predicted octanol–water partition coefficient (Wildman–Crippen LogP) is 19.5. The average molecular weight is 1280 g/mol. The van der Waals surface area contributed by atoms with Crippen LogP contribution < -0.4 is 0 Å². The number of phosphoric acid groups is 2. The molecule has 0 aliphatic carbocycles. The molecule has 0 radical (unpaired) electrons. The van der Waals surface area contributed by atoms with Crippen molar-refractivity contribution in [2.75, 3.05) is 39.6 Å². The van der Waals surface area contributed by atoms with E-state index in [0.717, 1.165) is 89.9 Å². The minimum Gasteiger partial charge on any atom is -0.462 e. The molecule has 2 unspecified atom stereocenters. The minimum absolute atomic E-state index is 0.107. The third-order valence-corrected chi connectivity index (χ3v) is 17.8. The maximum Gasteiger partial charge on any atom is 0.472 e. The maximum absolute atomic E-state index is 13.0. The molecule has 0 aromatic carbocycles. The number of unbranched alkanes of at least 4 members (excludes halogenated alkanes) is 43. The molecule has 0 aromatic heterocycles. The Morgan fingerprint density at radius 2 is 0.460 bits per heavy atom. The van der Waals surface area contributed by atoms with Gasteiger partial charge >= 0.3 is 39.5 Å². The molecule has 0 amide bonds. The van der Waals surface area contributed by atoms with Crippen LogP contribution in [0.3, 0.4) is 0 Å². The molecule has 0 spiro atoms. The van der Waals surface area contributed by atoms with Crippen LogP contribution in [0.4, 0.5) is 0 Å². The van der Waals surface area contributed by atoms with E-state index in [9.17, 15) is 43.2 Å². The fourth-order valence-electron chi connectivity index (χ4n) is 10.3. The van der Waals surface area contributed by atoms with Gasteiger partial charge in [0.2, 0.25) is 0 Å². The van der Waals surface area contributed by atoms with Crippen LogP contribution in [-0.2, 0) is 65.4 Å². The number of hydrogen-bond acceptors (Lipinski definition) is 15. The van der Waals surface area contributed by atoms with Crippen molar-refractivity contribution in [3.63, 3.8) is 0 Å². The van der Waals surface area contributed by atoms with Crippen molar-refractivity contribution >= 4 is 39.5 Å². The molecule has 0 rings (SSSR count). The summed E-state index contributed by atoms with van der Waals surface area (Å²) < 4.78 is 68.2. The van der Waals surface area contributed by atoms with Gasteiger partial charge in [0.15, 0.2) is 12.2 Å². The van der Waals surface area contributed by atoms with Gasteiger partial charge in [0, 0.05) is 25.7 Å². The zero-order valence-corrected chi connectivity index (χ0v) is 57.8. The Bertz CT molecular complexity index is 1670. The first kappa shape index (κ1) is 85.1. The smallest absolute Gasteiger partial charge is 0.462 e. The number of phosphoric ester groups is 2. The second-order valence-corrected chi connectivity index (χ2v) is 27.5. The van der Waals surface area contributed by atoms with E-state index in [1.807, 2.05) is 0 Å². The van der Waals surface area contributed by atoms with Crippen molar-refractivity contribution in [1.82, 2.24) is 0 Å². The molecule has 17 nitrogen and oxygen atoms in total. The van der Waals surface area contributed by atoms with Crippen LogP contribution in [0.15, 0.2) is 0 Å². The van der Waals surface area contributed by atoms with Gasteiger partial charge < -0.3 is 33.8 Å². The lowest BCUT2D eigenvalue weighted by atomic mass is 10.0. The van der Waals surface area contributed by atoms with E-state index in [2.05, 4.69) is 27.7 Å². The SMILES string of the molecule is CCCCCCCCCCCCCCCCCCC(=O)O[C@H](COC(=O)CCCCCCCCCCCCC)COP(=O)(O)OC[C@@H](O)COP(=O)(O)OC[C@@H](COC(=O)CCCCCCCCCCC)OC(=O)CCCCCCCCCCCCC. The normalized spacial score (nSPS) is 14.1. The Morgan fingerprint density at radius 1 is 0.276 bits per heavy atom. The summed E-state index contributed by atoms with van der Waals surface area (Å²) in [5, 5.41) is 10.6. The molecule has 0 saturated carbocycles. The number of carbonyl (C=O) groups excluding carboxylic acids is 4. The second-order valence-electron chi connectivity index (χ2n) is 24.6. The van der Waals surface area contributed by atoms with Crippen molar-refractivity contribution in [3.05, 3.63) is 0 Å². The van der Waals surface area contributed by atoms with Gasteiger partial charge in [0.1, 0.15) is 19.3 Å². The number of aliphatic hydroxyl groups is 1. The first-order valence-electron chi connectivity index (χ1n) is 35.8. The molecule has 516 valence electrons. The van der Waals surface area contributed by atoms with Crippen molar-refractivity contribution < 1.29 is 80.2 Å². The number of ether oxygens (including phenoxy) is 4. The molecule has 0 saturated heterocycles. The van der Waals surface area contributed by atoms with Crippen LogP contribution in [0.5, 0.6) is 0 Å². The van der Waals surface area contributed by atoms with E-state index in [1.165, 1.54) is 186 Å². The first-order valence-corrected chi connectivity index (χ1v) is 38.8. The van der Waals surface area contributed by atoms with Crippen LogP contribution in [-0.4, -0.2) is 96.7 Å². The molecule has 3 N–H and O–H groups in total. The lowest BCUT2D eigenvalue weighted by molar-refractivity contribution is -0.161. The number of rotatable bonds is 69. The quantitative estimate of drug-likeness (QED) is 0.0222. The van der Waals surface area contributed by atoms with Gasteiger partial charge in [0.05, 0.1) is 26.4 Å². The second kappa shape index (κ2) is 62.8. The topological polar surface area (TPSA) is 237 Å². The Morgan fingerprint density at radius 3 is 0.678 bits per heavy atom. The zero-order chi connectivity index (χ0) is 64.0. The number of hydrogen-bond donors (Lipinski definition) is 3. The minimum atomic E-state index is -4.95. The lowest BCUT2D eigenvalue weighted by Gasteiger charge is -2.21. The van der Waals surface area contributed by atoms with E-state index in [-0.39, 0.29) is 25.7 Å². The summed E-state index contributed by atoms with van der Waals surface area (Å²) in [4.78, 5) is 72.4. The Kier molecular flexibility index (Phi) is 61.4.